The van der Waals surface area contributed by atoms with Crippen LogP contribution in [0.25, 0.3) is 0 Å². The van der Waals surface area contributed by atoms with Crippen LogP contribution in [0, 0.1) is 0 Å². The van der Waals surface area contributed by atoms with Gasteiger partial charge in [0.1, 0.15) is 11.6 Å². The Morgan fingerprint density at radius 2 is 2.20 bits per heavy atom. The van der Waals surface area contributed by atoms with Gasteiger partial charge in [-0.2, -0.15) is 0 Å². The molecule has 0 radical (unpaired) electrons. The Morgan fingerprint density at radius 1 is 1.60 bits per heavy atom. The summed E-state index contributed by atoms with van der Waals surface area (Å²) < 4.78 is 4.97. The van der Waals surface area contributed by atoms with Gasteiger partial charge in [0.05, 0.1) is 0 Å². The molecule has 1 fully saturated rings. The Hall–Kier alpha value is -1.10. The van der Waals surface area contributed by atoms with Gasteiger partial charge in [-0.25, -0.2) is 0 Å². The van der Waals surface area contributed by atoms with Crippen LogP contribution in [0.1, 0.15) is 20.8 Å². The molecular weight excluding hydrogens is 196 g/mol. The van der Waals surface area contributed by atoms with Crippen molar-refractivity contribution in [2.75, 3.05) is 20.2 Å². The number of carbonyl (C=O) groups is 2. The zero-order valence-corrected chi connectivity index (χ0v) is 9.66. The van der Waals surface area contributed by atoms with Gasteiger partial charge in [-0.1, -0.05) is 0 Å². The molecule has 5 nitrogen and oxygen atoms in total. The Kier molecular flexibility index (Phi) is 3.34. The van der Waals surface area contributed by atoms with Gasteiger partial charge >= 0.3 is 0 Å². The van der Waals surface area contributed by atoms with E-state index in [1.165, 1.54) is 7.11 Å². The van der Waals surface area contributed by atoms with Crippen LogP contribution in [0.2, 0.25) is 0 Å². The highest BCUT2D eigenvalue weighted by atomic mass is 16.5. The first-order valence-electron chi connectivity index (χ1n) is 5.04. The lowest BCUT2D eigenvalue weighted by molar-refractivity contribution is -0.155. The van der Waals surface area contributed by atoms with Crippen LogP contribution >= 0.6 is 0 Å². The maximum absolute atomic E-state index is 11.9. The van der Waals surface area contributed by atoms with E-state index in [0.29, 0.717) is 13.1 Å². The number of hydrogen-bond acceptors (Lipinski definition) is 3. The van der Waals surface area contributed by atoms with Crippen molar-refractivity contribution < 1.29 is 14.3 Å². The summed E-state index contributed by atoms with van der Waals surface area (Å²) in [6, 6.07) is 0. The van der Waals surface area contributed by atoms with Crippen molar-refractivity contribution in [3.63, 3.8) is 0 Å². The predicted octanol–water partition coefficient (Wildman–Crippen LogP) is -0.242. The molecule has 15 heavy (non-hydrogen) atoms. The first kappa shape index (κ1) is 12.0. The fourth-order valence-electron chi connectivity index (χ4n) is 1.61. The van der Waals surface area contributed by atoms with Gasteiger partial charge in [0.25, 0.3) is 5.91 Å². The van der Waals surface area contributed by atoms with Crippen molar-refractivity contribution in [1.82, 2.24) is 10.2 Å². The molecule has 1 rings (SSSR count). The van der Waals surface area contributed by atoms with E-state index >= 15 is 0 Å². The smallest absolute Gasteiger partial charge is 0.252 e. The third-order valence-corrected chi connectivity index (χ3v) is 2.82. The SMILES string of the molecule is COC(C)C(=O)N1CCNC(=O)C1(C)C. The zero-order chi connectivity index (χ0) is 11.6. The summed E-state index contributed by atoms with van der Waals surface area (Å²) in [5, 5.41) is 2.74. The molecule has 0 aliphatic carbocycles. The standard InChI is InChI=1S/C10H18N2O3/c1-7(15-4)8(13)12-6-5-11-9(14)10(12,2)3/h7H,5-6H2,1-4H3,(H,11,14). The van der Waals surface area contributed by atoms with E-state index < -0.39 is 11.6 Å². The van der Waals surface area contributed by atoms with E-state index in [1.807, 2.05) is 0 Å². The third kappa shape index (κ3) is 2.12. The van der Waals surface area contributed by atoms with Crippen molar-refractivity contribution in [3.05, 3.63) is 0 Å². The number of methoxy groups -OCH3 is 1. The van der Waals surface area contributed by atoms with Crippen molar-refractivity contribution in [1.29, 1.82) is 0 Å². The summed E-state index contributed by atoms with van der Waals surface area (Å²) in [6.07, 6.45) is -0.504. The molecule has 1 N–H and O–H groups in total. The van der Waals surface area contributed by atoms with Crippen LogP contribution < -0.4 is 5.32 Å². The molecule has 0 spiro atoms. The second kappa shape index (κ2) is 4.18. The number of rotatable bonds is 2. The van der Waals surface area contributed by atoms with Crippen LogP contribution in [0.3, 0.4) is 0 Å². The predicted molar refractivity (Wildman–Crippen MR) is 55.3 cm³/mol. The molecule has 1 aliphatic rings. The van der Waals surface area contributed by atoms with E-state index in [0.717, 1.165) is 0 Å². The molecule has 1 saturated heterocycles. The van der Waals surface area contributed by atoms with Crippen LogP contribution in [-0.2, 0) is 14.3 Å². The second-order valence-corrected chi connectivity index (χ2v) is 4.18. The number of piperazine rings is 1. The summed E-state index contributed by atoms with van der Waals surface area (Å²) >= 11 is 0. The van der Waals surface area contributed by atoms with E-state index in [-0.39, 0.29) is 11.8 Å². The Labute approximate surface area is 89.8 Å². The summed E-state index contributed by atoms with van der Waals surface area (Å²) in [7, 11) is 1.49. The maximum Gasteiger partial charge on any atom is 0.252 e. The highest BCUT2D eigenvalue weighted by molar-refractivity contribution is 5.93. The number of amides is 2. The van der Waals surface area contributed by atoms with E-state index in [1.54, 1.807) is 25.7 Å². The Balaban J connectivity index is 2.84. The number of ether oxygens (including phenoxy) is 1. The monoisotopic (exact) mass is 214 g/mol. The van der Waals surface area contributed by atoms with Gasteiger partial charge in [-0.15, -0.1) is 0 Å². The number of nitrogens with one attached hydrogen (secondary N) is 1. The fraction of sp³-hybridized carbons (Fsp3) is 0.800. The molecule has 0 aromatic heterocycles. The first-order chi connectivity index (χ1) is 6.91. The maximum atomic E-state index is 11.9. The van der Waals surface area contributed by atoms with Gasteiger partial charge in [0, 0.05) is 20.2 Å². The molecule has 0 bridgehead atoms. The summed E-state index contributed by atoms with van der Waals surface area (Å²) in [4.78, 5) is 25.1. The third-order valence-electron chi connectivity index (χ3n) is 2.82. The minimum absolute atomic E-state index is 0.120. The summed E-state index contributed by atoms with van der Waals surface area (Å²) in [5.41, 5.74) is -0.790. The quantitative estimate of drug-likeness (QED) is 0.690. The Morgan fingerprint density at radius 3 is 2.73 bits per heavy atom. The van der Waals surface area contributed by atoms with Crippen molar-refractivity contribution in [2.45, 2.75) is 32.4 Å². The molecule has 0 saturated carbocycles. The van der Waals surface area contributed by atoms with Gasteiger partial charge in [-0.05, 0) is 20.8 Å². The topological polar surface area (TPSA) is 58.6 Å². The van der Waals surface area contributed by atoms with Gasteiger partial charge < -0.3 is 15.0 Å². The van der Waals surface area contributed by atoms with Gasteiger partial charge in [0.2, 0.25) is 5.91 Å². The summed E-state index contributed by atoms with van der Waals surface area (Å²) in [6.45, 7) is 6.20. The van der Waals surface area contributed by atoms with Gasteiger partial charge in [0.15, 0.2) is 0 Å². The zero-order valence-electron chi connectivity index (χ0n) is 9.66. The number of hydrogen-bond donors (Lipinski definition) is 1. The molecule has 0 aromatic rings. The van der Waals surface area contributed by atoms with Crippen molar-refractivity contribution in [2.24, 2.45) is 0 Å². The highest BCUT2D eigenvalue weighted by Crippen LogP contribution is 2.19. The number of nitrogens with zero attached hydrogens (tertiary/aromatic N) is 1. The van der Waals surface area contributed by atoms with Gasteiger partial charge in [-0.3, -0.25) is 9.59 Å². The van der Waals surface area contributed by atoms with Crippen LogP contribution in [0.4, 0.5) is 0 Å². The van der Waals surface area contributed by atoms with Crippen molar-refractivity contribution in [3.8, 4) is 0 Å². The lowest BCUT2D eigenvalue weighted by Gasteiger charge is -2.42. The molecule has 0 aromatic carbocycles. The van der Waals surface area contributed by atoms with E-state index in [4.69, 9.17) is 4.74 Å². The largest absolute Gasteiger partial charge is 0.372 e. The van der Waals surface area contributed by atoms with Crippen LogP contribution in [0.5, 0.6) is 0 Å². The fourth-order valence-corrected chi connectivity index (χ4v) is 1.61. The molecule has 1 unspecified atom stereocenters. The Bertz CT molecular complexity index is 276. The van der Waals surface area contributed by atoms with Crippen LogP contribution in [0.15, 0.2) is 0 Å². The van der Waals surface area contributed by atoms with E-state index in [9.17, 15) is 9.59 Å². The molecule has 86 valence electrons. The minimum atomic E-state index is -0.790. The first-order valence-corrected chi connectivity index (χ1v) is 5.04. The average molecular weight is 214 g/mol. The van der Waals surface area contributed by atoms with Crippen LogP contribution in [-0.4, -0.2) is 48.6 Å². The molecule has 2 amide bonds. The highest BCUT2D eigenvalue weighted by Gasteiger charge is 2.41. The molecule has 1 atom stereocenters. The average Bonchev–Trinajstić information content (AvgIpc) is 2.20. The molecule has 1 heterocycles. The normalized spacial score (nSPS) is 22.1. The van der Waals surface area contributed by atoms with Crippen molar-refractivity contribution >= 4 is 11.8 Å². The molecule has 5 heteroatoms. The van der Waals surface area contributed by atoms with E-state index in [2.05, 4.69) is 5.32 Å². The summed E-state index contributed by atoms with van der Waals surface area (Å²) in [5.74, 6) is -0.261. The number of carbonyl (C=O) groups excluding carboxylic acids is 2. The minimum Gasteiger partial charge on any atom is -0.372 e. The molecule has 1 aliphatic heterocycles. The molecular formula is C10H18N2O3. The second-order valence-electron chi connectivity index (χ2n) is 4.18. The lowest BCUT2D eigenvalue weighted by Crippen LogP contribution is -2.64. The lowest BCUT2D eigenvalue weighted by atomic mass is 9.98.